The maximum atomic E-state index is 12.2. The molecule has 8 heteroatoms. The highest BCUT2D eigenvalue weighted by molar-refractivity contribution is 9.10. The first kappa shape index (κ1) is 14.9. The first-order valence-electron chi connectivity index (χ1n) is 5.93. The van der Waals surface area contributed by atoms with Crippen molar-refractivity contribution >= 4 is 37.3 Å². The van der Waals surface area contributed by atoms with Gasteiger partial charge in [0.25, 0.3) is 10.0 Å². The van der Waals surface area contributed by atoms with Gasteiger partial charge in [0, 0.05) is 22.9 Å². The van der Waals surface area contributed by atoms with Crippen LogP contribution in [0.4, 0.5) is 11.4 Å². The number of nitrogens with two attached hydrogens (primary N) is 1. The molecule has 2 rings (SSSR count). The first-order chi connectivity index (χ1) is 9.33. The van der Waals surface area contributed by atoms with Gasteiger partial charge in [-0.05, 0) is 47.5 Å². The van der Waals surface area contributed by atoms with Gasteiger partial charge in [-0.25, -0.2) is 4.98 Å². The summed E-state index contributed by atoms with van der Waals surface area (Å²) in [4.78, 5) is 3.89. The van der Waals surface area contributed by atoms with E-state index in [2.05, 4.69) is 25.6 Å². The lowest BCUT2D eigenvalue weighted by Crippen LogP contribution is -2.14. The number of anilines is 2. The highest BCUT2D eigenvalue weighted by atomic mass is 79.9. The summed E-state index contributed by atoms with van der Waals surface area (Å²) in [6.45, 7) is 4.41. The van der Waals surface area contributed by atoms with Gasteiger partial charge in [0.15, 0.2) is 5.03 Å². The molecule has 0 unspecified atom stereocenters. The Bertz CT molecular complexity index is 740. The molecule has 6 nitrogen and oxygen atoms in total. The molecule has 0 amide bonds. The molecule has 0 bridgehead atoms. The van der Waals surface area contributed by atoms with Gasteiger partial charge in [0.05, 0.1) is 12.0 Å². The Hall–Kier alpha value is -1.54. The van der Waals surface area contributed by atoms with E-state index in [9.17, 15) is 8.42 Å². The van der Waals surface area contributed by atoms with E-state index in [1.54, 1.807) is 16.7 Å². The summed E-state index contributed by atoms with van der Waals surface area (Å²) in [5, 5.41) is -0.0228. The second-order valence-corrected chi connectivity index (χ2v) is 6.82. The molecule has 2 aromatic rings. The van der Waals surface area contributed by atoms with E-state index in [1.807, 2.05) is 13.8 Å². The molecule has 0 radical (unpaired) electrons. The van der Waals surface area contributed by atoms with Crippen molar-refractivity contribution in [3.63, 3.8) is 0 Å². The van der Waals surface area contributed by atoms with Crippen LogP contribution in [0.3, 0.4) is 0 Å². The summed E-state index contributed by atoms with van der Waals surface area (Å²) >= 11 is 3.32. The van der Waals surface area contributed by atoms with Crippen LogP contribution in [0.15, 0.2) is 34.2 Å². The predicted molar refractivity (Wildman–Crippen MR) is 82.0 cm³/mol. The molecule has 108 valence electrons. The zero-order valence-corrected chi connectivity index (χ0v) is 13.5. The zero-order chi connectivity index (χ0) is 14.9. The fourth-order valence-corrected chi connectivity index (χ4v) is 3.33. The number of hydrogen-bond acceptors (Lipinski definition) is 4. The standard InChI is InChI=1S/C12H15BrN4O2S/c1-3-17-6-12(15-7-17)20(18,19)16-11-5-10(14)8(2)4-9(11)13/h4-7,16H,3,14H2,1-2H3. The van der Waals surface area contributed by atoms with Crippen LogP contribution in [-0.2, 0) is 16.6 Å². The van der Waals surface area contributed by atoms with Crippen LogP contribution in [-0.4, -0.2) is 18.0 Å². The summed E-state index contributed by atoms with van der Waals surface area (Å²) in [6, 6.07) is 3.34. The van der Waals surface area contributed by atoms with E-state index >= 15 is 0 Å². The Morgan fingerprint density at radius 2 is 2.15 bits per heavy atom. The van der Waals surface area contributed by atoms with E-state index in [-0.39, 0.29) is 5.03 Å². The van der Waals surface area contributed by atoms with Crippen LogP contribution in [0.1, 0.15) is 12.5 Å². The van der Waals surface area contributed by atoms with Crippen LogP contribution in [0.5, 0.6) is 0 Å². The highest BCUT2D eigenvalue weighted by Gasteiger charge is 2.19. The second kappa shape index (κ2) is 5.45. The van der Waals surface area contributed by atoms with Crippen molar-refractivity contribution in [3.8, 4) is 0 Å². The Labute approximate surface area is 126 Å². The number of sulfonamides is 1. The quantitative estimate of drug-likeness (QED) is 0.820. The van der Waals surface area contributed by atoms with Crippen molar-refractivity contribution < 1.29 is 8.42 Å². The van der Waals surface area contributed by atoms with E-state index in [1.165, 1.54) is 12.5 Å². The molecular weight excluding hydrogens is 344 g/mol. The summed E-state index contributed by atoms with van der Waals surface area (Å²) in [5.41, 5.74) is 7.57. The van der Waals surface area contributed by atoms with E-state index in [0.29, 0.717) is 22.4 Å². The smallest absolute Gasteiger partial charge is 0.280 e. The highest BCUT2D eigenvalue weighted by Crippen LogP contribution is 2.29. The fraction of sp³-hybridized carbons (Fsp3) is 0.250. The molecule has 0 saturated carbocycles. The lowest BCUT2D eigenvalue weighted by Gasteiger charge is -2.10. The molecule has 0 saturated heterocycles. The van der Waals surface area contributed by atoms with E-state index in [4.69, 9.17) is 5.73 Å². The molecule has 1 aromatic carbocycles. The number of halogens is 1. The Morgan fingerprint density at radius 1 is 1.45 bits per heavy atom. The third-order valence-corrected chi connectivity index (χ3v) is 4.76. The Morgan fingerprint density at radius 3 is 2.75 bits per heavy atom. The lowest BCUT2D eigenvalue weighted by molar-refractivity contribution is 0.598. The summed E-state index contributed by atoms with van der Waals surface area (Å²) in [6.07, 6.45) is 2.96. The lowest BCUT2D eigenvalue weighted by atomic mass is 10.2. The van der Waals surface area contributed by atoms with Crippen molar-refractivity contribution in [2.45, 2.75) is 25.4 Å². The Balaban J connectivity index is 2.35. The molecule has 0 spiro atoms. The zero-order valence-electron chi connectivity index (χ0n) is 11.1. The number of benzene rings is 1. The SMILES string of the molecule is CCn1cnc(S(=O)(=O)Nc2cc(N)c(C)cc2Br)c1. The first-order valence-corrected chi connectivity index (χ1v) is 8.21. The molecule has 0 fully saturated rings. The average Bonchev–Trinajstić information content (AvgIpc) is 2.85. The minimum absolute atomic E-state index is 0.0228. The van der Waals surface area contributed by atoms with Gasteiger partial charge in [-0.1, -0.05) is 0 Å². The maximum Gasteiger partial charge on any atom is 0.280 e. The number of rotatable bonds is 4. The number of nitrogens with one attached hydrogen (secondary N) is 1. The fourth-order valence-electron chi connectivity index (χ4n) is 1.62. The van der Waals surface area contributed by atoms with Crippen molar-refractivity contribution in [1.29, 1.82) is 0 Å². The molecular formula is C12H15BrN4O2S. The minimum Gasteiger partial charge on any atom is -0.398 e. The molecule has 20 heavy (non-hydrogen) atoms. The van der Waals surface area contributed by atoms with Crippen molar-refractivity contribution in [2.24, 2.45) is 0 Å². The maximum absolute atomic E-state index is 12.2. The van der Waals surface area contributed by atoms with Crippen molar-refractivity contribution in [2.75, 3.05) is 10.5 Å². The van der Waals surface area contributed by atoms with Gasteiger partial charge in [0.2, 0.25) is 0 Å². The topological polar surface area (TPSA) is 90.0 Å². The van der Waals surface area contributed by atoms with Crippen LogP contribution in [0.25, 0.3) is 0 Å². The normalized spacial score (nSPS) is 11.6. The number of aromatic nitrogens is 2. The van der Waals surface area contributed by atoms with Crippen molar-refractivity contribution in [3.05, 3.63) is 34.7 Å². The molecule has 0 atom stereocenters. The van der Waals surface area contributed by atoms with Crippen LogP contribution in [0, 0.1) is 6.92 Å². The molecule has 3 N–H and O–H groups in total. The number of imidazole rings is 1. The number of nitrogens with zero attached hydrogens (tertiary/aromatic N) is 2. The Kier molecular flexibility index (Phi) is 4.05. The second-order valence-electron chi connectivity index (χ2n) is 4.34. The number of aryl methyl sites for hydroxylation is 2. The van der Waals surface area contributed by atoms with E-state index < -0.39 is 10.0 Å². The summed E-state index contributed by atoms with van der Waals surface area (Å²) < 4.78 is 29.3. The van der Waals surface area contributed by atoms with Gasteiger partial charge in [-0.15, -0.1) is 0 Å². The molecule has 0 aliphatic heterocycles. The summed E-state index contributed by atoms with van der Waals surface area (Å²) in [5.74, 6) is 0. The molecule has 0 aliphatic carbocycles. The van der Waals surface area contributed by atoms with E-state index in [0.717, 1.165) is 5.56 Å². The van der Waals surface area contributed by atoms with Gasteiger partial charge in [-0.2, -0.15) is 8.42 Å². The van der Waals surface area contributed by atoms with Gasteiger partial charge in [0.1, 0.15) is 0 Å². The molecule has 0 aliphatic rings. The van der Waals surface area contributed by atoms with Crippen LogP contribution >= 0.6 is 15.9 Å². The third-order valence-electron chi connectivity index (χ3n) is 2.85. The van der Waals surface area contributed by atoms with Crippen molar-refractivity contribution in [1.82, 2.24) is 9.55 Å². The average molecular weight is 359 g/mol. The predicted octanol–water partition coefficient (Wildman–Crippen LogP) is 2.36. The minimum atomic E-state index is -3.72. The molecule has 1 heterocycles. The van der Waals surface area contributed by atoms with Crippen LogP contribution in [0.2, 0.25) is 0 Å². The largest absolute Gasteiger partial charge is 0.398 e. The van der Waals surface area contributed by atoms with Gasteiger partial charge < -0.3 is 10.3 Å². The number of hydrogen-bond donors (Lipinski definition) is 2. The van der Waals surface area contributed by atoms with Crippen LogP contribution < -0.4 is 10.5 Å². The van der Waals surface area contributed by atoms with Gasteiger partial charge in [-0.3, -0.25) is 4.72 Å². The van der Waals surface area contributed by atoms with Gasteiger partial charge >= 0.3 is 0 Å². The molecule has 1 aromatic heterocycles. The monoisotopic (exact) mass is 358 g/mol. The number of nitrogen functional groups attached to an aromatic ring is 1. The third kappa shape index (κ3) is 2.96. The summed E-state index contributed by atoms with van der Waals surface area (Å²) in [7, 11) is -3.72.